The molecule has 3 rings (SSSR count). The summed E-state index contributed by atoms with van der Waals surface area (Å²) in [7, 11) is 0. The minimum absolute atomic E-state index is 0.288. The van der Waals surface area contributed by atoms with Crippen molar-refractivity contribution in [3.8, 4) is 5.75 Å². The minimum atomic E-state index is -0.740. The van der Waals surface area contributed by atoms with Gasteiger partial charge in [-0.15, -0.1) is 0 Å². The number of hydrogen-bond acceptors (Lipinski definition) is 3. The Hall–Kier alpha value is -3.31. The molecule has 3 aromatic rings. The Morgan fingerprint density at radius 3 is 2.37 bits per heavy atom. The molecule has 154 valence electrons. The number of para-hydroxylation sites is 1. The third kappa shape index (κ3) is 5.19. The average molecular weight is 423 g/mol. The van der Waals surface area contributed by atoms with Crippen LogP contribution in [0.15, 0.2) is 66.7 Å². The summed E-state index contributed by atoms with van der Waals surface area (Å²) in [4.78, 5) is 25.2. The van der Waals surface area contributed by atoms with Crippen molar-refractivity contribution in [3.63, 3.8) is 0 Å². The van der Waals surface area contributed by atoms with E-state index in [4.69, 9.17) is 16.3 Å². The summed E-state index contributed by atoms with van der Waals surface area (Å²) in [5, 5.41) is 5.97. The Kier molecular flexibility index (Phi) is 6.75. The molecule has 0 saturated heterocycles. The van der Waals surface area contributed by atoms with Crippen LogP contribution in [-0.2, 0) is 4.79 Å². The molecule has 0 aliphatic rings. The van der Waals surface area contributed by atoms with Crippen molar-refractivity contribution >= 4 is 34.8 Å². The number of carbonyl (C=O) groups excluding carboxylic acids is 2. The van der Waals surface area contributed by atoms with E-state index >= 15 is 0 Å². The summed E-state index contributed by atoms with van der Waals surface area (Å²) >= 11 is 6.23. The van der Waals surface area contributed by atoms with Gasteiger partial charge in [0.1, 0.15) is 5.75 Å². The van der Waals surface area contributed by atoms with E-state index in [0.29, 0.717) is 22.0 Å². The average Bonchev–Trinajstić information content (AvgIpc) is 2.73. The maximum atomic E-state index is 12.7. The van der Waals surface area contributed by atoms with Crippen LogP contribution in [0.2, 0.25) is 5.02 Å². The molecule has 0 heterocycles. The van der Waals surface area contributed by atoms with Gasteiger partial charge in [0.25, 0.3) is 11.8 Å². The zero-order chi connectivity index (χ0) is 21.7. The lowest BCUT2D eigenvalue weighted by Crippen LogP contribution is -2.30. The van der Waals surface area contributed by atoms with E-state index in [0.717, 1.165) is 16.8 Å². The Labute approximate surface area is 181 Å². The van der Waals surface area contributed by atoms with Gasteiger partial charge in [-0.3, -0.25) is 9.59 Å². The van der Waals surface area contributed by atoms with Crippen molar-refractivity contribution in [1.29, 1.82) is 0 Å². The molecule has 2 N–H and O–H groups in total. The van der Waals surface area contributed by atoms with E-state index in [1.807, 2.05) is 50.2 Å². The predicted octanol–water partition coefficient (Wildman–Crippen LogP) is 5.62. The molecular formula is C24H23ClN2O3. The van der Waals surface area contributed by atoms with Crippen molar-refractivity contribution in [3.05, 3.63) is 88.4 Å². The third-order valence-corrected chi connectivity index (χ3v) is 5.09. The number of halogens is 1. The minimum Gasteiger partial charge on any atom is -0.481 e. The van der Waals surface area contributed by atoms with Gasteiger partial charge in [0, 0.05) is 11.3 Å². The summed E-state index contributed by atoms with van der Waals surface area (Å²) < 4.78 is 5.63. The maximum Gasteiger partial charge on any atom is 0.265 e. The SMILES string of the molecule is Cc1cccc(NC(=O)c2ccc(Cl)c(NC(=O)C(C)Oc3ccccc3)c2)c1C. The molecule has 5 nitrogen and oxygen atoms in total. The van der Waals surface area contributed by atoms with Crippen LogP contribution in [0.25, 0.3) is 0 Å². The highest BCUT2D eigenvalue weighted by molar-refractivity contribution is 6.34. The first-order valence-corrected chi connectivity index (χ1v) is 9.92. The van der Waals surface area contributed by atoms with Crippen molar-refractivity contribution in [2.45, 2.75) is 26.9 Å². The second-order valence-electron chi connectivity index (χ2n) is 6.96. The van der Waals surface area contributed by atoms with Crippen LogP contribution in [0.1, 0.15) is 28.4 Å². The number of amides is 2. The number of nitrogens with one attached hydrogen (secondary N) is 2. The fourth-order valence-electron chi connectivity index (χ4n) is 2.83. The smallest absolute Gasteiger partial charge is 0.265 e. The number of carbonyl (C=O) groups is 2. The second-order valence-corrected chi connectivity index (χ2v) is 7.37. The van der Waals surface area contributed by atoms with E-state index in [9.17, 15) is 9.59 Å². The molecular weight excluding hydrogens is 400 g/mol. The van der Waals surface area contributed by atoms with E-state index in [-0.39, 0.29) is 11.8 Å². The summed E-state index contributed by atoms with van der Waals surface area (Å²) in [6.45, 7) is 5.58. The van der Waals surface area contributed by atoms with E-state index in [1.165, 1.54) is 0 Å². The van der Waals surface area contributed by atoms with Gasteiger partial charge in [0.05, 0.1) is 10.7 Å². The fourth-order valence-corrected chi connectivity index (χ4v) is 3.00. The fraction of sp³-hybridized carbons (Fsp3) is 0.167. The molecule has 0 saturated carbocycles. The van der Waals surface area contributed by atoms with Gasteiger partial charge in [-0.05, 0) is 68.3 Å². The summed E-state index contributed by atoms with van der Waals surface area (Å²) in [5.74, 6) is -0.0646. The van der Waals surface area contributed by atoms with Crippen LogP contribution in [0.5, 0.6) is 5.75 Å². The lowest BCUT2D eigenvalue weighted by Gasteiger charge is -2.16. The molecule has 0 fully saturated rings. The zero-order valence-corrected chi connectivity index (χ0v) is 17.8. The molecule has 3 aromatic carbocycles. The number of rotatable bonds is 6. The number of hydrogen-bond donors (Lipinski definition) is 2. The van der Waals surface area contributed by atoms with Crippen LogP contribution in [0, 0.1) is 13.8 Å². The van der Waals surface area contributed by atoms with Gasteiger partial charge in [0.15, 0.2) is 6.10 Å². The molecule has 0 aromatic heterocycles. The molecule has 6 heteroatoms. The number of ether oxygens (including phenoxy) is 1. The van der Waals surface area contributed by atoms with Gasteiger partial charge in [-0.25, -0.2) is 0 Å². The topological polar surface area (TPSA) is 67.4 Å². The quantitative estimate of drug-likeness (QED) is 0.542. The molecule has 0 spiro atoms. The first kappa shape index (κ1) is 21.4. The summed E-state index contributed by atoms with van der Waals surface area (Å²) in [6, 6.07) is 19.5. The monoisotopic (exact) mass is 422 g/mol. The van der Waals surface area contributed by atoms with Crippen molar-refractivity contribution in [2.24, 2.45) is 0 Å². The van der Waals surface area contributed by atoms with Gasteiger partial charge in [-0.2, -0.15) is 0 Å². The Balaban J connectivity index is 1.72. The largest absolute Gasteiger partial charge is 0.481 e. The summed E-state index contributed by atoms with van der Waals surface area (Å²) in [5.41, 5.74) is 3.56. The summed E-state index contributed by atoms with van der Waals surface area (Å²) in [6.07, 6.45) is -0.740. The lowest BCUT2D eigenvalue weighted by atomic mass is 10.1. The highest BCUT2D eigenvalue weighted by Gasteiger charge is 2.18. The highest BCUT2D eigenvalue weighted by atomic mass is 35.5. The van der Waals surface area contributed by atoms with Crippen LogP contribution >= 0.6 is 11.6 Å². The Bertz CT molecular complexity index is 1070. The predicted molar refractivity (Wildman–Crippen MR) is 120 cm³/mol. The molecule has 0 bridgehead atoms. The van der Waals surface area contributed by atoms with E-state index in [2.05, 4.69) is 10.6 Å². The second kappa shape index (κ2) is 9.46. The van der Waals surface area contributed by atoms with Crippen LogP contribution in [0.3, 0.4) is 0 Å². The van der Waals surface area contributed by atoms with Crippen molar-refractivity contribution in [2.75, 3.05) is 10.6 Å². The standard InChI is InChI=1S/C24H23ClN2O3/c1-15-8-7-11-21(16(15)2)26-24(29)18-12-13-20(25)22(14-18)27-23(28)17(3)30-19-9-5-4-6-10-19/h4-14,17H,1-3H3,(H,26,29)(H,27,28). The maximum absolute atomic E-state index is 12.7. The lowest BCUT2D eigenvalue weighted by molar-refractivity contribution is -0.122. The Morgan fingerprint density at radius 2 is 1.63 bits per heavy atom. The van der Waals surface area contributed by atoms with E-state index in [1.54, 1.807) is 37.3 Å². The molecule has 0 aliphatic heterocycles. The number of benzene rings is 3. The number of anilines is 2. The highest BCUT2D eigenvalue weighted by Crippen LogP contribution is 2.25. The van der Waals surface area contributed by atoms with Crippen LogP contribution < -0.4 is 15.4 Å². The molecule has 1 atom stereocenters. The van der Waals surface area contributed by atoms with Crippen LogP contribution in [-0.4, -0.2) is 17.9 Å². The molecule has 0 radical (unpaired) electrons. The molecule has 2 amide bonds. The number of aryl methyl sites for hydroxylation is 1. The molecule has 1 unspecified atom stereocenters. The van der Waals surface area contributed by atoms with Gasteiger partial charge in [-0.1, -0.05) is 41.9 Å². The first-order valence-electron chi connectivity index (χ1n) is 9.55. The third-order valence-electron chi connectivity index (χ3n) is 4.76. The van der Waals surface area contributed by atoms with Gasteiger partial charge in [0.2, 0.25) is 0 Å². The van der Waals surface area contributed by atoms with Gasteiger partial charge >= 0.3 is 0 Å². The Morgan fingerprint density at radius 1 is 0.900 bits per heavy atom. The van der Waals surface area contributed by atoms with Gasteiger partial charge < -0.3 is 15.4 Å². The zero-order valence-electron chi connectivity index (χ0n) is 17.0. The molecule has 0 aliphatic carbocycles. The first-order chi connectivity index (χ1) is 14.3. The normalized spacial score (nSPS) is 11.5. The van der Waals surface area contributed by atoms with Crippen molar-refractivity contribution in [1.82, 2.24) is 0 Å². The van der Waals surface area contributed by atoms with Crippen LogP contribution in [0.4, 0.5) is 11.4 Å². The van der Waals surface area contributed by atoms with Crippen molar-refractivity contribution < 1.29 is 14.3 Å². The molecule has 30 heavy (non-hydrogen) atoms. The van der Waals surface area contributed by atoms with E-state index < -0.39 is 6.10 Å².